The van der Waals surface area contributed by atoms with Gasteiger partial charge in [0.25, 0.3) is 0 Å². The summed E-state index contributed by atoms with van der Waals surface area (Å²) in [4.78, 5) is 26.2. The van der Waals surface area contributed by atoms with Gasteiger partial charge in [0.2, 0.25) is 5.78 Å². The molecular formula is C22H15NO2S. The van der Waals surface area contributed by atoms with Crippen molar-refractivity contribution in [2.24, 2.45) is 0 Å². The van der Waals surface area contributed by atoms with Crippen molar-refractivity contribution in [3.05, 3.63) is 95.6 Å². The number of rotatable bonds is 4. The number of allylic oxidation sites excluding steroid dienone is 3. The summed E-state index contributed by atoms with van der Waals surface area (Å²) in [6, 6.07) is 23.4. The average molecular weight is 357 g/mol. The molecule has 3 nitrogen and oxygen atoms in total. The number of anilines is 1. The van der Waals surface area contributed by atoms with Gasteiger partial charge in [-0.2, -0.15) is 0 Å². The minimum Gasteiger partial charge on any atom is -0.352 e. The Morgan fingerprint density at radius 1 is 0.692 bits per heavy atom. The molecule has 1 N–H and O–H groups in total. The van der Waals surface area contributed by atoms with Crippen LogP contribution in [-0.2, 0) is 9.59 Å². The number of thioether (sulfide) groups is 1. The van der Waals surface area contributed by atoms with Crippen LogP contribution < -0.4 is 5.32 Å². The normalized spacial score (nSPS) is 14.2. The van der Waals surface area contributed by atoms with E-state index in [0.29, 0.717) is 10.6 Å². The fraction of sp³-hybridized carbons (Fsp3) is 0. The second-order valence-corrected chi connectivity index (χ2v) is 7.01. The molecule has 0 aromatic heterocycles. The summed E-state index contributed by atoms with van der Waals surface area (Å²) in [7, 11) is 0. The van der Waals surface area contributed by atoms with Crippen molar-refractivity contribution >= 4 is 39.8 Å². The summed E-state index contributed by atoms with van der Waals surface area (Å²) < 4.78 is 0. The Labute approximate surface area is 155 Å². The third kappa shape index (κ3) is 3.46. The second-order valence-electron chi connectivity index (χ2n) is 5.90. The molecule has 0 spiro atoms. The van der Waals surface area contributed by atoms with Gasteiger partial charge in [0, 0.05) is 22.7 Å². The van der Waals surface area contributed by atoms with E-state index in [9.17, 15) is 9.59 Å². The van der Waals surface area contributed by atoms with Crippen LogP contribution in [0.4, 0.5) is 5.69 Å². The Balaban J connectivity index is 1.54. The summed E-state index contributed by atoms with van der Waals surface area (Å²) in [5, 5.41) is 5.27. The van der Waals surface area contributed by atoms with Crippen LogP contribution in [-0.4, -0.2) is 11.6 Å². The quantitative estimate of drug-likeness (QED) is 0.670. The Morgan fingerprint density at radius 3 is 2.23 bits per heavy atom. The van der Waals surface area contributed by atoms with Crippen LogP contribution in [0.1, 0.15) is 0 Å². The zero-order valence-corrected chi connectivity index (χ0v) is 14.6. The minimum absolute atomic E-state index is 0.165. The number of nitrogens with one attached hydrogen (secondary N) is 1. The molecule has 0 heterocycles. The number of hydrogen-bond acceptors (Lipinski definition) is 4. The topological polar surface area (TPSA) is 46.2 Å². The van der Waals surface area contributed by atoms with Crippen molar-refractivity contribution in [2.45, 2.75) is 4.90 Å². The molecule has 26 heavy (non-hydrogen) atoms. The molecule has 4 heteroatoms. The first-order valence-corrected chi connectivity index (χ1v) is 9.01. The van der Waals surface area contributed by atoms with E-state index in [4.69, 9.17) is 0 Å². The Morgan fingerprint density at radius 2 is 1.42 bits per heavy atom. The predicted octanol–water partition coefficient (Wildman–Crippen LogP) is 4.96. The van der Waals surface area contributed by atoms with Gasteiger partial charge in [-0.25, -0.2) is 0 Å². The number of carbonyl (C=O) groups is 2. The molecule has 3 aromatic rings. The van der Waals surface area contributed by atoms with Gasteiger partial charge >= 0.3 is 0 Å². The molecule has 0 bridgehead atoms. The lowest BCUT2D eigenvalue weighted by Crippen LogP contribution is -2.17. The van der Waals surface area contributed by atoms with Crippen molar-refractivity contribution in [1.82, 2.24) is 0 Å². The highest BCUT2D eigenvalue weighted by molar-refractivity contribution is 8.04. The lowest BCUT2D eigenvalue weighted by molar-refractivity contribution is -0.114. The molecule has 0 fully saturated rings. The SMILES string of the molecule is O=C1C=C(Sc2ccccc2)C(=O)C=C1Nc1ccc2ccccc2c1. The number of benzene rings is 3. The van der Waals surface area contributed by atoms with Crippen molar-refractivity contribution in [3.8, 4) is 0 Å². The maximum atomic E-state index is 12.4. The molecule has 4 rings (SSSR count). The van der Waals surface area contributed by atoms with Gasteiger partial charge in [-0.1, -0.05) is 60.3 Å². The lowest BCUT2D eigenvalue weighted by atomic mass is 10.1. The van der Waals surface area contributed by atoms with Crippen LogP contribution in [0.25, 0.3) is 10.8 Å². The second kappa shape index (κ2) is 7.02. The number of fused-ring (bicyclic) bond motifs is 1. The lowest BCUT2D eigenvalue weighted by Gasteiger charge is -2.14. The fourth-order valence-corrected chi connectivity index (χ4v) is 3.63. The van der Waals surface area contributed by atoms with Crippen LogP contribution in [0.15, 0.2) is 100 Å². The summed E-state index contributed by atoms with van der Waals surface area (Å²) in [6.07, 6.45) is 2.78. The Bertz CT molecular complexity index is 1070. The average Bonchev–Trinajstić information content (AvgIpc) is 2.66. The van der Waals surface area contributed by atoms with Crippen LogP contribution in [0.3, 0.4) is 0 Å². The van der Waals surface area contributed by atoms with E-state index >= 15 is 0 Å². The van der Waals surface area contributed by atoms with Gasteiger partial charge in [-0.05, 0) is 35.0 Å². The largest absolute Gasteiger partial charge is 0.352 e. The first-order valence-electron chi connectivity index (χ1n) is 8.20. The van der Waals surface area contributed by atoms with Gasteiger partial charge in [0.05, 0.1) is 10.6 Å². The molecule has 0 aliphatic heterocycles. The summed E-state index contributed by atoms with van der Waals surface area (Å²) in [5.74, 6) is -0.363. The molecule has 0 atom stereocenters. The van der Waals surface area contributed by atoms with Crippen molar-refractivity contribution in [1.29, 1.82) is 0 Å². The van der Waals surface area contributed by atoms with Gasteiger partial charge in [0.1, 0.15) is 0 Å². The third-order valence-corrected chi connectivity index (χ3v) is 5.09. The molecule has 0 saturated carbocycles. The molecule has 0 radical (unpaired) electrons. The van der Waals surface area contributed by atoms with E-state index in [1.807, 2.05) is 72.8 Å². The zero-order valence-electron chi connectivity index (χ0n) is 13.8. The van der Waals surface area contributed by atoms with Crippen LogP contribution in [0, 0.1) is 0 Å². The van der Waals surface area contributed by atoms with Gasteiger partial charge < -0.3 is 5.32 Å². The van der Waals surface area contributed by atoms with Crippen molar-refractivity contribution < 1.29 is 9.59 Å². The van der Waals surface area contributed by atoms with E-state index in [1.54, 1.807) is 0 Å². The highest BCUT2D eigenvalue weighted by Gasteiger charge is 2.21. The first-order chi connectivity index (χ1) is 12.7. The number of carbonyl (C=O) groups excluding carboxylic acids is 2. The molecule has 0 amide bonds. The van der Waals surface area contributed by atoms with Gasteiger partial charge in [0.15, 0.2) is 5.78 Å². The molecule has 1 aliphatic rings. The number of hydrogen-bond donors (Lipinski definition) is 1. The molecule has 3 aromatic carbocycles. The van der Waals surface area contributed by atoms with Gasteiger partial charge in [-0.15, -0.1) is 0 Å². The third-order valence-electron chi connectivity index (χ3n) is 4.05. The standard InChI is InChI=1S/C22H15NO2S/c24-20-14-22(26-18-8-2-1-3-9-18)21(25)13-19(20)23-17-11-10-15-6-4-5-7-16(15)12-17/h1-14,23H. The maximum Gasteiger partial charge on any atom is 0.203 e. The smallest absolute Gasteiger partial charge is 0.203 e. The minimum atomic E-state index is -0.198. The van der Waals surface area contributed by atoms with Crippen LogP contribution in [0.2, 0.25) is 0 Å². The highest BCUT2D eigenvalue weighted by atomic mass is 32.2. The van der Waals surface area contributed by atoms with Crippen LogP contribution >= 0.6 is 11.8 Å². The molecule has 0 unspecified atom stereocenters. The highest BCUT2D eigenvalue weighted by Crippen LogP contribution is 2.30. The van der Waals surface area contributed by atoms with E-state index < -0.39 is 0 Å². The maximum absolute atomic E-state index is 12.4. The van der Waals surface area contributed by atoms with E-state index in [0.717, 1.165) is 21.4 Å². The summed E-state index contributed by atoms with van der Waals surface area (Å²) >= 11 is 1.30. The predicted molar refractivity (Wildman–Crippen MR) is 106 cm³/mol. The van der Waals surface area contributed by atoms with E-state index in [2.05, 4.69) is 5.32 Å². The van der Waals surface area contributed by atoms with Crippen molar-refractivity contribution in [3.63, 3.8) is 0 Å². The first kappa shape index (κ1) is 16.4. The monoisotopic (exact) mass is 357 g/mol. The molecule has 126 valence electrons. The fourth-order valence-electron chi connectivity index (χ4n) is 2.76. The van der Waals surface area contributed by atoms with Crippen molar-refractivity contribution in [2.75, 3.05) is 5.32 Å². The molecule has 0 saturated heterocycles. The molecule has 1 aliphatic carbocycles. The summed E-state index contributed by atoms with van der Waals surface area (Å²) in [6.45, 7) is 0. The zero-order chi connectivity index (χ0) is 17.9. The van der Waals surface area contributed by atoms with E-state index in [1.165, 1.54) is 23.9 Å². The molecular weight excluding hydrogens is 342 g/mol. The van der Waals surface area contributed by atoms with Gasteiger partial charge in [-0.3, -0.25) is 9.59 Å². The Kier molecular flexibility index (Phi) is 4.42. The van der Waals surface area contributed by atoms with E-state index in [-0.39, 0.29) is 11.6 Å². The van der Waals surface area contributed by atoms with Crippen LogP contribution in [0.5, 0.6) is 0 Å². The number of ketones is 2. The summed E-state index contributed by atoms with van der Waals surface area (Å²) in [5.41, 5.74) is 1.08. The Hall–Kier alpha value is -3.11.